The zero-order chi connectivity index (χ0) is 30.6. The fourth-order valence-corrected chi connectivity index (χ4v) is 7.18. The number of carbonyl (C=O) groups is 1. The second-order valence-electron chi connectivity index (χ2n) is 12.5. The normalized spacial score (nSPS) is 21.4. The van der Waals surface area contributed by atoms with Gasteiger partial charge in [-0.15, -0.1) is 22.5 Å². The Hall–Kier alpha value is -4.22. The fraction of sp³-hybridized carbons (Fsp3) is 0.353. The van der Waals surface area contributed by atoms with E-state index >= 15 is 4.39 Å². The van der Waals surface area contributed by atoms with Crippen molar-refractivity contribution in [2.75, 3.05) is 11.4 Å². The molecule has 4 radical (unpaired) electrons. The number of anilines is 1. The largest absolute Gasteiger partial charge is 0.321 e. The van der Waals surface area contributed by atoms with Crippen molar-refractivity contribution in [3.63, 3.8) is 0 Å². The number of rotatable bonds is 7. The Kier molecular flexibility index (Phi) is 6.97. The molecule has 0 bridgehead atoms. The minimum atomic E-state index is -2.59. The maximum Gasteiger partial charge on any atom is 0.258 e. The third kappa shape index (κ3) is 5.03. The van der Waals surface area contributed by atoms with Gasteiger partial charge in [-0.1, -0.05) is 24.3 Å². The molecule has 4 aromatic rings. The van der Waals surface area contributed by atoms with E-state index in [9.17, 15) is 4.79 Å². The molecule has 7 rings (SSSR count). The minimum Gasteiger partial charge on any atom is -0.321 e. The predicted molar refractivity (Wildman–Crippen MR) is 168 cm³/mol. The van der Waals surface area contributed by atoms with Crippen LogP contribution in [0.1, 0.15) is 62.5 Å². The third-order valence-corrected chi connectivity index (χ3v) is 9.55. The molecule has 2 aromatic heterocycles. The van der Waals surface area contributed by atoms with Crippen LogP contribution in [-0.4, -0.2) is 52.8 Å². The number of terminal acetylenes is 1. The van der Waals surface area contributed by atoms with E-state index in [4.69, 9.17) is 22.1 Å². The molecule has 0 spiro atoms. The number of hydrogen-bond donors (Lipinski definition) is 0. The summed E-state index contributed by atoms with van der Waals surface area (Å²) in [5.74, 6) is 3.76. The van der Waals surface area contributed by atoms with Gasteiger partial charge in [-0.05, 0) is 64.9 Å². The summed E-state index contributed by atoms with van der Waals surface area (Å²) in [6.45, 7) is 2.25. The van der Waals surface area contributed by atoms with Crippen molar-refractivity contribution in [2.24, 2.45) is 13.0 Å². The Morgan fingerprint density at radius 1 is 1.16 bits per heavy atom. The second-order valence-corrected chi connectivity index (χ2v) is 12.5. The van der Waals surface area contributed by atoms with Gasteiger partial charge in [-0.25, -0.2) is 0 Å². The zero-order valence-corrected chi connectivity index (χ0v) is 24.7. The van der Waals surface area contributed by atoms with Gasteiger partial charge >= 0.3 is 0 Å². The van der Waals surface area contributed by atoms with E-state index < -0.39 is 5.47 Å². The average molecular weight is 580 g/mol. The number of hydrogen-bond acceptors (Lipinski definition) is 5. The lowest BCUT2D eigenvalue weighted by Crippen LogP contribution is -2.43. The average Bonchev–Trinajstić information content (AvgIpc) is 3.55. The van der Waals surface area contributed by atoms with Crippen molar-refractivity contribution in [3.8, 4) is 12.3 Å². The molecule has 4 heterocycles. The number of halogens is 1. The second kappa shape index (κ2) is 10.7. The molecule has 0 N–H and O–H groups in total. The van der Waals surface area contributed by atoms with Gasteiger partial charge in [0.05, 0.1) is 12.0 Å². The number of amides is 1. The summed E-state index contributed by atoms with van der Waals surface area (Å²) in [7, 11) is 13.7. The van der Waals surface area contributed by atoms with Crippen LogP contribution < -0.4 is 4.90 Å². The van der Waals surface area contributed by atoms with Crippen LogP contribution in [0, 0.1) is 18.3 Å². The summed E-state index contributed by atoms with van der Waals surface area (Å²) in [6.07, 6.45) is 12.5. The predicted octanol–water partition coefficient (Wildman–Crippen LogP) is 3.87. The number of pyridine rings is 1. The van der Waals surface area contributed by atoms with Gasteiger partial charge in [0.15, 0.2) is 0 Å². The van der Waals surface area contributed by atoms with E-state index in [0.29, 0.717) is 24.1 Å². The van der Waals surface area contributed by atoms with Gasteiger partial charge in [0, 0.05) is 74.0 Å². The van der Waals surface area contributed by atoms with Gasteiger partial charge < -0.3 is 9.47 Å². The monoisotopic (exact) mass is 580 g/mol. The summed E-state index contributed by atoms with van der Waals surface area (Å²) >= 11 is 0. The highest BCUT2D eigenvalue weighted by Crippen LogP contribution is 2.50. The smallest absolute Gasteiger partial charge is 0.258 e. The maximum absolute atomic E-state index is 15.3. The van der Waals surface area contributed by atoms with Crippen LogP contribution >= 0.6 is 0 Å². The quantitative estimate of drug-likeness (QED) is 0.246. The molecule has 2 aromatic carbocycles. The molecule has 216 valence electrons. The topological polar surface area (TPSA) is 67.2 Å². The number of aryl methyl sites for hydroxylation is 1. The molecular weight excluding hydrogens is 549 g/mol. The van der Waals surface area contributed by atoms with Crippen molar-refractivity contribution in [2.45, 2.75) is 56.2 Å². The van der Waals surface area contributed by atoms with Gasteiger partial charge in [0.2, 0.25) is 0 Å². The molecule has 1 aliphatic carbocycles. The molecule has 1 fully saturated rings. The van der Waals surface area contributed by atoms with Crippen LogP contribution in [0.15, 0.2) is 61.1 Å². The lowest BCUT2D eigenvalue weighted by atomic mass is 9.57. The zero-order valence-electron chi connectivity index (χ0n) is 24.7. The minimum absolute atomic E-state index is 0.144. The Morgan fingerprint density at radius 3 is 2.75 bits per heavy atom. The Morgan fingerprint density at radius 2 is 2.00 bits per heavy atom. The molecular formula is C34H31B2FN6O. The van der Waals surface area contributed by atoms with Crippen LogP contribution in [-0.2, 0) is 50.4 Å². The number of nitrogens with zero attached hydrogens (tertiary/aromatic N) is 6. The molecule has 7 nitrogen and oxygen atoms in total. The van der Waals surface area contributed by atoms with E-state index in [1.165, 1.54) is 5.56 Å². The van der Waals surface area contributed by atoms with E-state index in [2.05, 4.69) is 44.2 Å². The first-order valence-corrected chi connectivity index (χ1v) is 14.9. The van der Waals surface area contributed by atoms with Crippen molar-refractivity contribution in [1.29, 1.82) is 0 Å². The lowest BCUT2D eigenvalue weighted by Gasteiger charge is -2.46. The van der Waals surface area contributed by atoms with Crippen LogP contribution in [0.2, 0.25) is 0 Å². The molecule has 44 heavy (non-hydrogen) atoms. The van der Waals surface area contributed by atoms with E-state index in [1.807, 2.05) is 42.1 Å². The highest BCUT2D eigenvalue weighted by molar-refractivity contribution is 6.39. The van der Waals surface area contributed by atoms with Crippen LogP contribution in [0.5, 0.6) is 0 Å². The van der Waals surface area contributed by atoms with Gasteiger partial charge in [0.1, 0.15) is 27.8 Å². The molecule has 3 aliphatic rings. The molecule has 1 amide bonds. The Bertz CT molecular complexity index is 1800. The molecule has 10 heteroatoms. The molecule has 0 atom stereocenters. The molecule has 1 saturated carbocycles. The maximum atomic E-state index is 15.3. The van der Waals surface area contributed by atoms with Crippen molar-refractivity contribution >= 4 is 27.3 Å². The number of alkyl halides is 1. The summed E-state index contributed by atoms with van der Waals surface area (Å²) in [5, 5.41) is 8.38. The van der Waals surface area contributed by atoms with Crippen LogP contribution in [0.4, 0.5) is 10.1 Å². The number of aromatic nitrogens is 4. The Balaban J connectivity index is 1.19. The summed E-state index contributed by atoms with van der Waals surface area (Å²) in [5.41, 5.74) is 3.20. The van der Waals surface area contributed by atoms with E-state index in [0.717, 1.165) is 60.7 Å². The summed E-state index contributed by atoms with van der Waals surface area (Å²) in [6, 6.07) is 15.6. The number of carbonyl (C=O) groups excluding carboxylic acids is 1. The first kappa shape index (κ1) is 28.5. The van der Waals surface area contributed by atoms with Crippen LogP contribution in [0.3, 0.4) is 0 Å². The first-order chi connectivity index (χ1) is 21.1. The number of benzene rings is 2. The van der Waals surface area contributed by atoms with Crippen LogP contribution in [0.25, 0.3) is 0 Å². The standard InChI is InChI=1S/C34H31B2FN6O/c1-3-22-15-33(16-22,17-31-40-39-21-41(31)2)25-7-4-8-26(14-25)43-20-28-27(32(43)44)12-23(13-29(28)34(35,36)37)18-42-11-9-30-24(19-42)6-5-10-38-30/h1,4-8,10,12-14,21-22H,9,11,15-20H2,2H3. The summed E-state index contributed by atoms with van der Waals surface area (Å²) < 4.78 is 17.2. The lowest BCUT2D eigenvalue weighted by molar-refractivity contribution is 0.0996. The van der Waals surface area contributed by atoms with E-state index in [1.54, 1.807) is 17.3 Å². The van der Waals surface area contributed by atoms with Crippen molar-refractivity contribution < 1.29 is 9.18 Å². The first-order valence-electron chi connectivity index (χ1n) is 14.9. The third-order valence-electron chi connectivity index (χ3n) is 9.55. The molecule has 0 saturated heterocycles. The fourth-order valence-electron chi connectivity index (χ4n) is 7.18. The van der Waals surface area contributed by atoms with E-state index in [-0.39, 0.29) is 29.3 Å². The van der Waals surface area contributed by atoms with Crippen molar-refractivity contribution in [1.82, 2.24) is 24.6 Å². The summed E-state index contributed by atoms with van der Waals surface area (Å²) in [4.78, 5) is 22.4. The molecule has 2 aliphatic heterocycles. The highest BCUT2D eigenvalue weighted by atomic mass is 19.1. The van der Waals surface area contributed by atoms with Gasteiger partial charge in [-0.3, -0.25) is 19.1 Å². The van der Waals surface area contributed by atoms with Gasteiger partial charge in [0.25, 0.3) is 5.91 Å². The number of fused-ring (bicyclic) bond motifs is 2. The Labute approximate surface area is 259 Å². The highest BCUT2D eigenvalue weighted by Gasteiger charge is 2.46. The van der Waals surface area contributed by atoms with Crippen molar-refractivity contribution in [3.05, 3.63) is 106 Å². The SMILES string of the molecule is [B]C([B])(F)c1cc(CN2CCc3ncccc3C2)cc2c1CN(c1cccc(C3(Cc4nncn4C)CC(C#C)C3)c1)C2=O. The molecule has 0 unspecified atom stereocenters. The van der Waals surface area contributed by atoms with Gasteiger partial charge in [-0.2, -0.15) is 0 Å².